The third kappa shape index (κ3) is 2.81. The lowest BCUT2D eigenvalue weighted by Gasteiger charge is -2.18. The third-order valence-electron chi connectivity index (χ3n) is 5.44. The normalized spacial score (nSPS) is 19.7. The van der Waals surface area contributed by atoms with E-state index >= 15 is 0 Å². The van der Waals surface area contributed by atoms with Gasteiger partial charge in [0.1, 0.15) is 17.8 Å². The fraction of sp³-hybridized carbons (Fsp3) is 0.200. The molecule has 152 valence electrons. The Labute approximate surface area is 168 Å². The van der Waals surface area contributed by atoms with E-state index in [0.717, 1.165) is 11.1 Å². The molecule has 1 aromatic heterocycles. The van der Waals surface area contributed by atoms with Gasteiger partial charge in [-0.3, -0.25) is 19.5 Å². The predicted molar refractivity (Wildman–Crippen MR) is 104 cm³/mol. The van der Waals surface area contributed by atoms with Crippen molar-refractivity contribution in [1.82, 2.24) is 15.2 Å². The molecule has 0 bridgehead atoms. The number of benzene rings is 2. The van der Waals surface area contributed by atoms with Gasteiger partial charge < -0.3 is 20.2 Å². The lowest BCUT2D eigenvalue weighted by molar-refractivity contribution is -0.123. The lowest BCUT2D eigenvalue weighted by atomic mass is 9.96. The Balaban J connectivity index is 1.34. The van der Waals surface area contributed by atoms with Crippen LogP contribution in [-0.4, -0.2) is 33.1 Å². The number of anilines is 1. The Morgan fingerprint density at radius 3 is 2.70 bits per heavy atom. The Morgan fingerprint density at radius 2 is 1.93 bits per heavy atom. The molecule has 1 spiro atoms. The molecule has 0 saturated carbocycles. The zero-order valence-electron chi connectivity index (χ0n) is 15.5. The third-order valence-corrected chi connectivity index (χ3v) is 5.44. The summed E-state index contributed by atoms with van der Waals surface area (Å²) in [6.07, 6.45) is 0.719. The summed E-state index contributed by atoms with van der Waals surface area (Å²) in [6.45, 7) is -0.268. The zero-order chi connectivity index (χ0) is 21.0. The van der Waals surface area contributed by atoms with Crippen molar-refractivity contribution < 1.29 is 23.9 Å². The predicted octanol–water partition coefficient (Wildman–Crippen LogP) is 0.616. The van der Waals surface area contributed by atoms with Gasteiger partial charge in [0.05, 0.1) is 5.52 Å². The summed E-state index contributed by atoms with van der Waals surface area (Å²) in [4.78, 5) is 48.2. The number of hydrogen-bond acceptors (Lipinski definition) is 6. The topological polar surface area (TPSA) is 143 Å². The molecule has 2 aliphatic rings. The van der Waals surface area contributed by atoms with Gasteiger partial charge in [0, 0.05) is 24.6 Å². The summed E-state index contributed by atoms with van der Waals surface area (Å²) >= 11 is 0. The summed E-state index contributed by atoms with van der Waals surface area (Å²) in [5.74, 6) is -1.54. The van der Waals surface area contributed by atoms with E-state index in [1.165, 1.54) is 22.8 Å². The molecule has 2 aromatic carbocycles. The number of aromatic nitrogens is 1. The monoisotopic (exact) mass is 408 g/mol. The highest BCUT2D eigenvalue weighted by atomic mass is 16.4. The van der Waals surface area contributed by atoms with Crippen LogP contribution in [0.1, 0.15) is 11.1 Å². The molecule has 10 heteroatoms. The second kappa shape index (κ2) is 6.21. The first kappa shape index (κ1) is 18.0. The fourth-order valence-corrected chi connectivity index (χ4v) is 4.08. The summed E-state index contributed by atoms with van der Waals surface area (Å²) in [7, 11) is 0. The lowest BCUT2D eigenvalue weighted by Crippen LogP contribution is -2.47. The molecule has 1 aliphatic heterocycles. The highest BCUT2D eigenvalue weighted by molar-refractivity contribution is 6.08. The first-order valence-corrected chi connectivity index (χ1v) is 9.21. The molecule has 1 atom stereocenters. The minimum Gasteiger partial charge on any atom is -0.508 e. The van der Waals surface area contributed by atoms with Crippen LogP contribution in [0.4, 0.5) is 10.5 Å². The van der Waals surface area contributed by atoms with Crippen LogP contribution in [-0.2, 0) is 29.0 Å². The molecular weight excluding hydrogens is 392 g/mol. The maximum atomic E-state index is 12.5. The van der Waals surface area contributed by atoms with E-state index in [2.05, 4.69) is 16.0 Å². The van der Waals surface area contributed by atoms with Crippen molar-refractivity contribution >= 4 is 34.6 Å². The van der Waals surface area contributed by atoms with E-state index in [-0.39, 0.29) is 23.8 Å². The summed E-state index contributed by atoms with van der Waals surface area (Å²) < 4.78 is 6.23. The Bertz CT molecular complexity index is 1310. The standard InChI is InChI=1S/C20H16N4O6/c25-13-3-4-14-15(6-13)30-19(29)24(14)9-16(26)21-12-2-1-10-7-20(8-11(10)5-12)17(27)22-18(28)23-20/h1-6,25H,7-9H2,(H,21,26)(H2,22,23,27,28). The van der Waals surface area contributed by atoms with Crippen LogP contribution >= 0.6 is 0 Å². The zero-order valence-corrected chi connectivity index (χ0v) is 15.5. The maximum absolute atomic E-state index is 12.5. The molecule has 10 nitrogen and oxygen atoms in total. The SMILES string of the molecule is O=C(Cn1c(=O)oc2cc(O)ccc21)Nc1ccc2c(c1)CC1(C2)NC(=O)NC1=O. The van der Waals surface area contributed by atoms with Crippen LogP contribution in [0.15, 0.2) is 45.6 Å². The van der Waals surface area contributed by atoms with Crippen molar-refractivity contribution in [2.75, 3.05) is 5.32 Å². The van der Waals surface area contributed by atoms with Crippen molar-refractivity contribution in [2.24, 2.45) is 0 Å². The molecule has 2 heterocycles. The summed E-state index contributed by atoms with van der Waals surface area (Å²) in [6, 6.07) is 8.97. The molecule has 1 aliphatic carbocycles. The number of fused-ring (bicyclic) bond motifs is 2. The Kier molecular flexibility index (Phi) is 3.72. The molecule has 5 rings (SSSR count). The molecular formula is C20H16N4O6. The number of rotatable bonds is 3. The van der Waals surface area contributed by atoms with Gasteiger partial charge in [-0.05, 0) is 35.4 Å². The second-order valence-corrected chi connectivity index (χ2v) is 7.48. The van der Waals surface area contributed by atoms with E-state index < -0.39 is 23.2 Å². The molecule has 30 heavy (non-hydrogen) atoms. The highest BCUT2D eigenvalue weighted by Crippen LogP contribution is 2.34. The van der Waals surface area contributed by atoms with Gasteiger partial charge >= 0.3 is 11.8 Å². The average Bonchev–Trinajstić information content (AvgIpc) is 3.27. The number of oxazole rings is 1. The second-order valence-electron chi connectivity index (χ2n) is 7.48. The van der Waals surface area contributed by atoms with E-state index in [0.29, 0.717) is 24.0 Å². The molecule has 0 radical (unpaired) electrons. The molecule has 1 saturated heterocycles. The van der Waals surface area contributed by atoms with Gasteiger partial charge in [0.25, 0.3) is 5.91 Å². The van der Waals surface area contributed by atoms with Crippen molar-refractivity contribution in [3.63, 3.8) is 0 Å². The van der Waals surface area contributed by atoms with E-state index in [1.807, 2.05) is 0 Å². The van der Waals surface area contributed by atoms with Crippen LogP contribution in [0.5, 0.6) is 5.75 Å². The van der Waals surface area contributed by atoms with Gasteiger partial charge in [-0.15, -0.1) is 0 Å². The minimum absolute atomic E-state index is 0.0455. The molecule has 1 unspecified atom stereocenters. The number of imide groups is 1. The largest absolute Gasteiger partial charge is 0.508 e. The van der Waals surface area contributed by atoms with Crippen LogP contribution in [0.3, 0.4) is 0 Å². The highest BCUT2D eigenvalue weighted by Gasteiger charge is 2.49. The first-order chi connectivity index (χ1) is 14.3. The van der Waals surface area contributed by atoms with Crippen LogP contribution in [0, 0.1) is 0 Å². The Morgan fingerprint density at radius 1 is 1.13 bits per heavy atom. The van der Waals surface area contributed by atoms with Gasteiger partial charge in [-0.25, -0.2) is 9.59 Å². The van der Waals surface area contributed by atoms with E-state index in [1.54, 1.807) is 18.2 Å². The minimum atomic E-state index is -0.976. The number of hydrogen-bond donors (Lipinski definition) is 4. The number of aromatic hydroxyl groups is 1. The first-order valence-electron chi connectivity index (χ1n) is 9.21. The van der Waals surface area contributed by atoms with E-state index in [4.69, 9.17) is 4.42 Å². The quantitative estimate of drug-likeness (QED) is 0.468. The van der Waals surface area contributed by atoms with Crippen molar-refractivity contribution in [3.8, 4) is 5.75 Å². The van der Waals surface area contributed by atoms with Crippen molar-refractivity contribution in [3.05, 3.63) is 58.1 Å². The number of phenolic OH excluding ortho intramolecular Hbond substituents is 1. The summed E-state index contributed by atoms with van der Waals surface area (Å²) in [5, 5.41) is 17.2. The smallest absolute Gasteiger partial charge is 0.420 e. The van der Waals surface area contributed by atoms with Gasteiger partial charge in [0.15, 0.2) is 5.58 Å². The molecule has 4 N–H and O–H groups in total. The van der Waals surface area contributed by atoms with Gasteiger partial charge in [0.2, 0.25) is 5.91 Å². The fourth-order valence-electron chi connectivity index (χ4n) is 4.08. The average molecular weight is 408 g/mol. The van der Waals surface area contributed by atoms with Crippen LogP contribution in [0.2, 0.25) is 0 Å². The van der Waals surface area contributed by atoms with Crippen LogP contribution < -0.4 is 21.7 Å². The summed E-state index contributed by atoms with van der Waals surface area (Å²) in [5.41, 5.74) is 1.89. The number of carbonyl (C=O) groups is 3. The van der Waals surface area contributed by atoms with Gasteiger partial charge in [-0.2, -0.15) is 0 Å². The number of urea groups is 1. The van der Waals surface area contributed by atoms with Gasteiger partial charge in [-0.1, -0.05) is 6.07 Å². The maximum Gasteiger partial charge on any atom is 0.420 e. The van der Waals surface area contributed by atoms with E-state index in [9.17, 15) is 24.3 Å². The number of nitrogens with zero attached hydrogens (tertiary/aromatic N) is 1. The molecule has 4 amide bonds. The number of nitrogens with one attached hydrogen (secondary N) is 3. The van der Waals surface area contributed by atoms with Crippen molar-refractivity contribution in [1.29, 1.82) is 0 Å². The van der Waals surface area contributed by atoms with Crippen LogP contribution in [0.25, 0.3) is 11.1 Å². The molecule has 1 fully saturated rings. The number of carbonyl (C=O) groups excluding carboxylic acids is 3. The Hall–Kier alpha value is -4.08. The number of phenols is 1. The molecule has 3 aromatic rings. The number of amides is 4. The van der Waals surface area contributed by atoms with Crippen molar-refractivity contribution in [2.45, 2.75) is 24.9 Å².